The fraction of sp³-hybridized carbons (Fsp3) is 0.556. The van der Waals surface area contributed by atoms with Crippen LogP contribution in [0.3, 0.4) is 0 Å². The highest BCUT2D eigenvalue weighted by molar-refractivity contribution is 9.10. The number of carbonyl (C=O) groups excluding carboxylic acids is 2. The lowest BCUT2D eigenvalue weighted by molar-refractivity contribution is -0.152. The molecule has 0 fully saturated rings. The normalized spacial score (nSPS) is 12.4. The zero-order valence-corrected chi connectivity index (χ0v) is 28.4. The summed E-state index contributed by atoms with van der Waals surface area (Å²) in [6.07, 6.45) is 4.00. The highest BCUT2D eigenvalue weighted by Gasteiger charge is 2.26. The molecule has 2 heterocycles. The molecule has 0 aromatic carbocycles. The minimum absolute atomic E-state index is 0.0903. The number of aromatic amines is 1. The summed E-state index contributed by atoms with van der Waals surface area (Å²) in [5.41, 5.74) is -0.302. The van der Waals surface area contributed by atoms with Crippen LogP contribution in [0.2, 0.25) is 0 Å². The van der Waals surface area contributed by atoms with Crippen LogP contribution in [-0.4, -0.2) is 55.5 Å². The summed E-state index contributed by atoms with van der Waals surface area (Å²) in [5, 5.41) is 0. The number of halogens is 2. The molecule has 2 atom stereocenters. The third-order valence-electron chi connectivity index (χ3n) is 4.81. The Morgan fingerprint density at radius 2 is 1.44 bits per heavy atom. The number of carbonyl (C=O) groups is 2. The molecule has 0 bridgehead atoms. The van der Waals surface area contributed by atoms with Crippen LogP contribution in [-0.2, 0) is 33.4 Å². The van der Waals surface area contributed by atoms with Crippen molar-refractivity contribution in [3.05, 3.63) is 66.3 Å². The van der Waals surface area contributed by atoms with E-state index in [1.54, 1.807) is 50.5 Å². The lowest BCUT2D eigenvalue weighted by Crippen LogP contribution is -2.32. The van der Waals surface area contributed by atoms with Crippen LogP contribution in [0, 0.1) is 11.8 Å². The van der Waals surface area contributed by atoms with E-state index in [1.807, 2.05) is 27.7 Å². The van der Waals surface area contributed by atoms with Crippen molar-refractivity contribution in [1.82, 2.24) is 9.55 Å². The predicted molar refractivity (Wildman–Crippen MR) is 164 cm³/mol. The van der Waals surface area contributed by atoms with Crippen LogP contribution < -0.4 is 11.1 Å². The highest BCUT2D eigenvalue weighted by Crippen LogP contribution is 2.18. The summed E-state index contributed by atoms with van der Waals surface area (Å²) in [6, 6.07) is 6.29. The average Bonchev–Trinajstić information content (AvgIpc) is 2.86. The van der Waals surface area contributed by atoms with Crippen LogP contribution in [0.5, 0.6) is 0 Å². The molecule has 0 amide bonds. The largest absolute Gasteiger partial charge is 0.464 e. The Bertz CT molecular complexity index is 1310. The van der Waals surface area contributed by atoms with Gasteiger partial charge in [-0.2, -0.15) is 8.42 Å². The predicted octanol–water partition coefficient (Wildman–Crippen LogP) is 4.84. The average molecular weight is 728 g/mol. The molecule has 0 saturated carbocycles. The minimum atomic E-state index is -3.63. The lowest BCUT2D eigenvalue weighted by Gasteiger charge is -2.20. The molecule has 41 heavy (non-hydrogen) atoms. The van der Waals surface area contributed by atoms with Gasteiger partial charge in [0.05, 0.1) is 28.4 Å². The van der Waals surface area contributed by atoms with Gasteiger partial charge in [-0.15, -0.1) is 0 Å². The van der Waals surface area contributed by atoms with Gasteiger partial charge in [0.25, 0.3) is 21.2 Å². The smallest absolute Gasteiger partial charge is 0.336 e. The van der Waals surface area contributed by atoms with Gasteiger partial charge in [-0.3, -0.25) is 13.8 Å². The maximum Gasteiger partial charge on any atom is 0.336 e. The van der Waals surface area contributed by atoms with Gasteiger partial charge in [0, 0.05) is 12.4 Å². The fourth-order valence-electron chi connectivity index (χ4n) is 3.19. The van der Waals surface area contributed by atoms with Crippen molar-refractivity contribution < 1.29 is 31.7 Å². The lowest BCUT2D eigenvalue weighted by atomic mass is 10.0. The second-order valence-electron chi connectivity index (χ2n) is 9.48. The molecule has 0 aliphatic heterocycles. The first-order chi connectivity index (χ1) is 19.0. The van der Waals surface area contributed by atoms with Crippen LogP contribution in [0.25, 0.3) is 0 Å². The Morgan fingerprint density at radius 3 is 1.88 bits per heavy atom. The number of ether oxygens (including phenoxy) is 2. The molecule has 2 unspecified atom stereocenters. The minimum Gasteiger partial charge on any atom is -0.464 e. The van der Waals surface area contributed by atoms with Gasteiger partial charge in [-0.1, -0.05) is 27.7 Å². The molecule has 0 aliphatic carbocycles. The molecule has 1 N–H and O–H groups in total. The molecule has 0 aliphatic rings. The summed E-state index contributed by atoms with van der Waals surface area (Å²) in [6.45, 7) is 11.7. The molecule has 0 spiro atoms. The number of H-pyrrole nitrogens is 1. The Kier molecular flexibility index (Phi) is 18.7. The van der Waals surface area contributed by atoms with Gasteiger partial charge in [-0.05, 0) is 94.7 Å². The van der Waals surface area contributed by atoms with E-state index in [-0.39, 0.29) is 29.6 Å². The first-order valence-electron chi connectivity index (χ1n) is 12.9. The summed E-state index contributed by atoms with van der Waals surface area (Å²) in [4.78, 5) is 48.3. The van der Waals surface area contributed by atoms with Crippen molar-refractivity contribution in [2.75, 3.05) is 19.5 Å². The van der Waals surface area contributed by atoms with E-state index >= 15 is 0 Å². The second kappa shape index (κ2) is 19.8. The SMILES string of the molecule is CCOC(=O)C(CC(C)C)OS(C)(=O)=O.CCOC(=O)C(CC(C)C)n1cccc(Br)c1=O.O=c1[nH]cccc1Br. The van der Waals surface area contributed by atoms with E-state index in [0.717, 1.165) is 6.26 Å². The molecule has 0 radical (unpaired) electrons. The van der Waals surface area contributed by atoms with Crippen molar-refractivity contribution >= 4 is 53.9 Å². The number of esters is 2. The second-order valence-corrected chi connectivity index (χ2v) is 12.8. The number of hydrogen-bond acceptors (Lipinski definition) is 9. The summed E-state index contributed by atoms with van der Waals surface area (Å²) in [5.74, 6) is -0.533. The first-order valence-corrected chi connectivity index (χ1v) is 16.3. The zero-order chi connectivity index (χ0) is 31.8. The fourth-order valence-corrected chi connectivity index (χ4v) is 4.39. The number of pyridine rings is 2. The molecule has 2 rings (SSSR count). The maximum atomic E-state index is 12.0. The quantitative estimate of drug-likeness (QED) is 0.253. The maximum absolute atomic E-state index is 12.0. The van der Waals surface area contributed by atoms with E-state index in [4.69, 9.17) is 9.47 Å². The summed E-state index contributed by atoms with van der Waals surface area (Å²) < 4.78 is 38.7. The van der Waals surface area contributed by atoms with E-state index in [0.29, 0.717) is 34.3 Å². The summed E-state index contributed by atoms with van der Waals surface area (Å²) >= 11 is 6.23. The van der Waals surface area contributed by atoms with Crippen molar-refractivity contribution in [1.29, 1.82) is 0 Å². The van der Waals surface area contributed by atoms with Crippen LogP contribution in [0.15, 0.2) is 55.2 Å². The van der Waals surface area contributed by atoms with E-state index in [1.165, 1.54) is 4.57 Å². The van der Waals surface area contributed by atoms with Crippen molar-refractivity contribution in [3.63, 3.8) is 0 Å². The third-order valence-corrected chi connectivity index (χ3v) is 6.62. The van der Waals surface area contributed by atoms with Crippen molar-refractivity contribution in [2.24, 2.45) is 11.8 Å². The number of hydrogen-bond donors (Lipinski definition) is 1. The van der Waals surface area contributed by atoms with Crippen LogP contribution in [0.4, 0.5) is 0 Å². The standard InChI is InChI=1S/C13H18BrNO3.C9H18O5S.C5H4BrNO/c1-4-18-13(17)11(8-9(2)3)15-7-5-6-10(14)12(15)16;1-5-13-9(10)8(6-7(2)3)14-15(4,11)12;6-4-2-1-3-7-5(4)8/h5-7,9,11H,4,8H2,1-3H3;7-8H,5-6H2,1-4H3;1-3H,(H,7,8). The molecule has 232 valence electrons. The van der Waals surface area contributed by atoms with E-state index < -0.39 is 28.2 Å². The van der Waals surface area contributed by atoms with Gasteiger partial charge >= 0.3 is 11.9 Å². The Hall–Kier alpha value is -2.29. The van der Waals surface area contributed by atoms with Crippen LogP contribution in [0.1, 0.15) is 60.4 Å². The molecule has 0 saturated heterocycles. The zero-order valence-electron chi connectivity index (χ0n) is 24.4. The van der Waals surface area contributed by atoms with Crippen molar-refractivity contribution in [2.45, 2.75) is 66.5 Å². The molecule has 2 aromatic rings. The number of nitrogens with one attached hydrogen (secondary N) is 1. The topological polar surface area (TPSA) is 151 Å². The molecular formula is C27H40Br2N2O9S. The first kappa shape index (κ1) is 38.7. The highest BCUT2D eigenvalue weighted by atomic mass is 79.9. The molecule has 2 aromatic heterocycles. The van der Waals surface area contributed by atoms with E-state index in [9.17, 15) is 27.6 Å². The van der Waals surface area contributed by atoms with Crippen LogP contribution >= 0.6 is 31.9 Å². The monoisotopic (exact) mass is 726 g/mol. The third kappa shape index (κ3) is 16.7. The number of nitrogens with zero attached hydrogens (tertiary/aromatic N) is 1. The Balaban J connectivity index is 0.000000625. The van der Waals surface area contributed by atoms with Crippen molar-refractivity contribution in [3.8, 4) is 0 Å². The number of rotatable bonds is 11. The van der Waals surface area contributed by atoms with Gasteiger partial charge in [0.1, 0.15) is 6.04 Å². The molecule has 11 nitrogen and oxygen atoms in total. The van der Waals surface area contributed by atoms with Gasteiger partial charge < -0.3 is 19.0 Å². The Labute approximate surface area is 258 Å². The molecule has 14 heteroatoms. The van der Waals surface area contributed by atoms with Gasteiger partial charge in [0.15, 0.2) is 6.10 Å². The van der Waals surface area contributed by atoms with Gasteiger partial charge in [-0.25, -0.2) is 9.59 Å². The molecular weight excluding hydrogens is 688 g/mol. The summed E-state index contributed by atoms with van der Waals surface area (Å²) in [7, 11) is -3.63. The Morgan fingerprint density at radius 1 is 0.902 bits per heavy atom. The van der Waals surface area contributed by atoms with E-state index in [2.05, 4.69) is 41.0 Å². The number of aromatic nitrogens is 2. The van der Waals surface area contributed by atoms with Gasteiger partial charge in [0.2, 0.25) is 0 Å².